The third-order valence-electron chi connectivity index (χ3n) is 3.04. The molecule has 3 rings (SSSR count). The van der Waals surface area contributed by atoms with Crippen LogP contribution in [0, 0.1) is 6.92 Å². The molecule has 2 heterocycles. The Morgan fingerprint density at radius 2 is 2.33 bits per heavy atom. The number of ether oxygens (including phenoxy) is 1. The molecule has 0 radical (unpaired) electrons. The van der Waals surface area contributed by atoms with Crippen LogP contribution in [-0.2, 0) is 6.54 Å². The van der Waals surface area contributed by atoms with Crippen LogP contribution in [0.2, 0.25) is 0 Å². The highest BCUT2D eigenvalue weighted by atomic mass is 16.5. The van der Waals surface area contributed by atoms with Gasteiger partial charge in [-0.15, -0.1) is 0 Å². The Labute approximate surface area is 121 Å². The Morgan fingerprint density at radius 1 is 1.43 bits per heavy atom. The smallest absolute Gasteiger partial charge is 0.321 e. The Balaban J connectivity index is 1.56. The number of hydrogen-bond donors (Lipinski definition) is 3. The second kappa shape index (κ2) is 5.74. The molecule has 1 aliphatic rings. The predicted octanol–water partition coefficient (Wildman–Crippen LogP) is 2.11. The first-order valence-electron chi connectivity index (χ1n) is 6.68. The van der Waals surface area contributed by atoms with Gasteiger partial charge < -0.3 is 19.9 Å². The van der Waals surface area contributed by atoms with E-state index in [1.54, 1.807) is 13.0 Å². The van der Waals surface area contributed by atoms with Gasteiger partial charge in [-0.1, -0.05) is 11.2 Å². The number of fused-ring (bicyclic) bond motifs is 1. The van der Waals surface area contributed by atoms with E-state index in [9.17, 15) is 4.79 Å². The largest absolute Gasteiger partial charge is 0.490 e. The average Bonchev–Trinajstić information content (AvgIpc) is 2.90. The minimum absolute atomic E-state index is 0.322. The summed E-state index contributed by atoms with van der Waals surface area (Å²) in [5.41, 5.74) is 2.65. The van der Waals surface area contributed by atoms with Gasteiger partial charge in [0.1, 0.15) is 12.4 Å². The summed E-state index contributed by atoms with van der Waals surface area (Å²) in [4.78, 5) is 11.7. The molecule has 0 saturated carbocycles. The highest BCUT2D eigenvalue weighted by Crippen LogP contribution is 2.27. The SMILES string of the molecule is Cc1cc(NC(=O)NCc2ccc3c(c2)OCCN3)on1. The van der Waals surface area contributed by atoms with Crippen LogP contribution in [0.3, 0.4) is 0 Å². The van der Waals surface area contributed by atoms with E-state index < -0.39 is 0 Å². The third-order valence-corrected chi connectivity index (χ3v) is 3.04. The van der Waals surface area contributed by atoms with Gasteiger partial charge in [0.05, 0.1) is 11.4 Å². The Hall–Kier alpha value is -2.70. The maximum atomic E-state index is 11.7. The molecule has 0 spiro atoms. The molecule has 1 aliphatic heterocycles. The number of amides is 2. The lowest BCUT2D eigenvalue weighted by atomic mass is 10.1. The molecule has 7 heteroatoms. The minimum Gasteiger partial charge on any atom is -0.490 e. The van der Waals surface area contributed by atoms with Gasteiger partial charge in [-0.05, 0) is 24.6 Å². The van der Waals surface area contributed by atoms with Crippen molar-refractivity contribution < 1.29 is 14.1 Å². The van der Waals surface area contributed by atoms with E-state index in [0.717, 1.165) is 23.5 Å². The molecule has 7 nitrogen and oxygen atoms in total. The third kappa shape index (κ3) is 3.25. The van der Waals surface area contributed by atoms with Crippen molar-refractivity contribution in [1.82, 2.24) is 10.5 Å². The molecule has 1 aromatic carbocycles. The molecule has 2 amide bonds. The van der Waals surface area contributed by atoms with Crippen LogP contribution in [0.4, 0.5) is 16.4 Å². The Morgan fingerprint density at radius 3 is 3.14 bits per heavy atom. The maximum Gasteiger partial charge on any atom is 0.321 e. The molecule has 3 N–H and O–H groups in total. The van der Waals surface area contributed by atoms with E-state index in [0.29, 0.717) is 24.7 Å². The minimum atomic E-state index is -0.345. The van der Waals surface area contributed by atoms with Crippen molar-refractivity contribution in [3.05, 3.63) is 35.5 Å². The maximum absolute atomic E-state index is 11.7. The van der Waals surface area contributed by atoms with Crippen molar-refractivity contribution in [2.45, 2.75) is 13.5 Å². The molecule has 0 bridgehead atoms. The van der Waals surface area contributed by atoms with Gasteiger partial charge in [0.2, 0.25) is 5.88 Å². The Kier molecular flexibility index (Phi) is 3.63. The first-order valence-corrected chi connectivity index (χ1v) is 6.68. The lowest BCUT2D eigenvalue weighted by Crippen LogP contribution is -2.28. The average molecular weight is 288 g/mol. The summed E-state index contributed by atoms with van der Waals surface area (Å²) in [7, 11) is 0. The van der Waals surface area contributed by atoms with Crippen molar-refractivity contribution in [3.63, 3.8) is 0 Å². The molecular formula is C14H16N4O3. The fourth-order valence-corrected chi connectivity index (χ4v) is 2.05. The van der Waals surface area contributed by atoms with Gasteiger partial charge in [-0.25, -0.2) is 4.79 Å². The molecule has 110 valence electrons. The highest BCUT2D eigenvalue weighted by molar-refractivity contribution is 5.87. The highest BCUT2D eigenvalue weighted by Gasteiger charge is 2.10. The second-order valence-electron chi connectivity index (χ2n) is 4.75. The number of benzene rings is 1. The van der Waals surface area contributed by atoms with E-state index in [4.69, 9.17) is 9.26 Å². The van der Waals surface area contributed by atoms with Crippen LogP contribution in [0.1, 0.15) is 11.3 Å². The molecule has 0 saturated heterocycles. The van der Waals surface area contributed by atoms with Crippen LogP contribution in [0.5, 0.6) is 5.75 Å². The standard InChI is InChI=1S/C14H16N4O3/c1-9-6-13(21-18-9)17-14(19)16-8-10-2-3-11-12(7-10)20-5-4-15-11/h2-3,6-7,15H,4-5,8H2,1H3,(H2,16,17,19). The molecule has 0 fully saturated rings. The first kappa shape index (κ1) is 13.3. The van der Waals surface area contributed by atoms with Crippen molar-refractivity contribution >= 4 is 17.6 Å². The van der Waals surface area contributed by atoms with Crippen LogP contribution in [0.25, 0.3) is 0 Å². The van der Waals surface area contributed by atoms with Crippen LogP contribution in [-0.4, -0.2) is 24.3 Å². The van der Waals surface area contributed by atoms with E-state index >= 15 is 0 Å². The first-order chi connectivity index (χ1) is 10.2. The zero-order chi connectivity index (χ0) is 14.7. The van der Waals surface area contributed by atoms with Crippen molar-refractivity contribution in [3.8, 4) is 5.75 Å². The number of nitrogens with one attached hydrogen (secondary N) is 3. The van der Waals surface area contributed by atoms with E-state index in [1.807, 2.05) is 18.2 Å². The number of aryl methyl sites for hydroxylation is 1. The van der Waals surface area contributed by atoms with Crippen LogP contribution >= 0.6 is 0 Å². The molecular weight excluding hydrogens is 272 g/mol. The summed E-state index contributed by atoms with van der Waals surface area (Å²) < 4.78 is 10.5. The van der Waals surface area contributed by atoms with Gasteiger partial charge in [0.25, 0.3) is 0 Å². The number of carbonyl (C=O) groups is 1. The van der Waals surface area contributed by atoms with E-state index in [1.165, 1.54) is 0 Å². The number of aromatic nitrogens is 1. The van der Waals surface area contributed by atoms with Crippen LogP contribution in [0.15, 0.2) is 28.8 Å². The van der Waals surface area contributed by atoms with E-state index in [2.05, 4.69) is 21.1 Å². The molecule has 0 unspecified atom stereocenters. The zero-order valence-electron chi connectivity index (χ0n) is 11.6. The number of nitrogens with zero attached hydrogens (tertiary/aromatic N) is 1. The second-order valence-corrected chi connectivity index (χ2v) is 4.75. The molecule has 2 aromatic rings. The number of urea groups is 1. The summed E-state index contributed by atoms with van der Waals surface area (Å²) in [5, 5.41) is 12.3. The lowest BCUT2D eigenvalue weighted by molar-refractivity contribution is 0.250. The summed E-state index contributed by atoms with van der Waals surface area (Å²) in [5.74, 6) is 1.13. The molecule has 0 aliphatic carbocycles. The Bertz CT molecular complexity index is 653. The molecule has 0 atom stereocenters. The van der Waals surface area contributed by atoms with Gasteiger partial charge in [0.15, 0.2) is 0 Å². The summed E-state index contributed by atoms with van der Waals surface area (Å²) in [6.45, 7) is 3.64. The summed E-state index contributed by atoms with van der Waals surface area (Å²) in [6, 6.07) is 7.11. The predicted molar refractivity (Wildman–Crippen MR) is 77.5 cm³/mol. The zero-order valence-corrected chi connectivity index (χ0v) is 11.6. The van der Waals surface area contributed by atoms with Gasteiger partial charge in [-0.3, -0.25) is 5.32 Å². The molecule has 21 heavy (non-hydrogen) atoms. The number of anilines is 2. The normalized spacial score (nSPS) is 12.8. The van der Waals surface area contributed by atoms with Crippen molar-refractivity contribution in [2.24, 2.45) is 0 Å². The quantitative estimate of drug-likeness (QED) is 0.805. The van der Waals surface area contributed by atoms with Crippen LogP contribution < -0.4 is 20.7 Å². The van der Waals surface area contributed by atoms with Gasteiger partial charge >= 0.3 is 6.03 Å². The van der Waals surface area contributed by atoms with Crippen molar-refractivity contribution in [1.29, 1.82) is 0 Å². The fourth-order valence-electron chi connectivity index (χ4n) is 2.05. The van der Waals surface area contributed by atoms with Gasteiger partial charge in [0, 0.05) is 19.2 Å². The van der Waals surface area contributed by atoms with Crippen molar-refractivity contribution in [2.75, 3.05) is 23.8 Å². The number of hydrogen-bond acceptors (Lipinski definition) is 5. The fraction of sp³-hybridized carbons (Fsp3) is 0.286. The lowest BCUT2D eigenvalue weighted by Gasteiger charge is -2.19. The topological polar surface area (TPSA) is 88.4 Å². The summed E-state index contributed by atoms with van der Waals surface area (Å²) >= 11 is 0. The number of carbonyl (C=O) groups excluding carboxylic acids is 1. The summed E-state index contributed by atoms with van der Waals surface area (Å²) in [6.07, 6.45) is 0. The van der Waals surface area contributed by atoms with Gasteiger partial charge in [-0.2, -0.15) is 0 Å². The monoisotopic (exact) mass is 288 g/mol. The number of rotatable bonds is 3. The van der Waals surface area contributed by atoms with E-state index in [-0.39, 0.29) is 6.03 Å². The molecule has 1 aromatic heterocycles.